The highest BCUT2D eigenvalue weighted by Crippen LogP contribution is 2.44. The highest BCUT2D eigenvalue weighted by atomic mass is 32.1. The van der Waals surface area contributed by atoms with Crippen LogP contribution in [0.4, 0.5) is 4.79 Å². The van der Waals surface area contributed by atoms with Crippen LogP contribution >= 0.6 is 11.3 Å². The van der Waals surface area contributed by atoms with Gasteiger partial charge in [-0.1, -0.05) is 48.5 Å². The van der Waals surface area contributed by atoms with E-state index in [0.29, 0.717) is 10.7 Å². The highest BCUT2D eigenvalue weighted by Gasteiger charge is 2.29. The molecule has 1 heterocycles. The number of thiazole rings is 1. The smallest absolute Gasteiger partial charge is 0.407 e. The van der Waals surface area contributed by atoms with Crippen LogP contribution in [0, 0.1) is 0 Å². The van der Waals surface area contributed by atoms with Gasteiger partial charge in [-0.25, -0.2) is 9.78 Å². The number of rotatable bonds is 9. The predicted octanol–water partition coefficient (Wildman–Crippen LogP) is 3.32. The third kappa shape index (κ3) is 5.56. The molecule has 0 aliphatic heterocycles. The fourth-order valence-electron chi connectivity index (χ4n) is 3.84. The van der Waals surface area contributed by atoms with Gasteiger partial charge in [0.05, 0.1) is 25.1 Å². The van der Waals surface area contributed by atoms with Gasteiger partial charge in [0.2, 0.25) is 5.91 Å². The van der Waals surface area contributed by atoms with Gasteiger partial charge in [-0.2, -0.15) is 0 Å². The first-order valence-electron chi connectivity index (χ1n) is 10.5. The normalized spacial score (nSPS) is 12.0. The van der Waals surface area contributed by atoms with Crippen LogP contribution < -0.4 is 10.6 Å². The van der Waals surface area contributed by atoms with Crippen LogP contribution in [0.25, 0.3) is 11.1 Å². The van der Waals surface area contributed by atoms with Crippen LogP contribution in [0.3, 0.4) is 0 Å². The second-order valence-corrected chi connectivity index (χ2v) is 8.52. The van der Waals surface area contributed by atoms with Crippen LogP contribution in [0.5, 0.6) is 0 Å². The van der Waals surface area contributed by atoms with E-state index in [-0.39, 0.29) is 44.4 Å². The molecule has 3 N–H and O–H groups in total. The molecule has 1 aliphatic rings. The van der Waals surface area contributed by atoms with Gasteiger partial charge in [-0.05, 0) is 22.3 Å². The lowest BCUT2D eigenvalue weighted by molar-refractivity contribution is -0.136. The number of aromatic nitrogens is 1. The summed E-state index contributed by atoms with van der Waals surface area (Å²) in [6.45, 7) is 0.510. The zero-order valence-corrected chi connectivity index (χ0v) is 18.6. The second-order valence-electron chi connectivity index (χ2n) is 7.58. The maximum atomic E-state index is 12.3. The zero-order chi connectivity index (χ0) is 23.2. The summed E-state index contributed by atoms with van der Waals surface area (Å²) in [6, 6.07) is 16.3. The standard InChI is InChI=1S/C24H23N3O5S/c28-21(25-10-9-23(29)30)11-15-14-33-22(27-15)12-26-24(31)32-13-20-18-7-3-1-5-16(18)17-6-2-4-8-19(17)20/h1-8,14,20H,9-13H2,(H,25,28)(H,26,31)(H,29,30). The number of nitrogens with one attached hydrogen (secondary N) is 2. The molecular formula is C24H23N3O5S. The number of alkyl carbamates (subject to hydrolysis) is 1. The minimum absolute atomic E-state index is 0.00532. The molecule has 3 aromatic rings. The molecule has 0 fully saturated rings. The molecule has 0 bridgehead atoms. The number of hydrogen-bond acceptors (Lipinski definition) is 6. The van der Waals surface area contributed by atoms with Crippen molar-refractivity contribution in [2.75, 3.05) is 13.2 Å². The summed E-state index contributed by atoms with van der Waals surface area (Å²) in [7, 11) is 0. The quantitative estimate of drug-likeness (QED) is 0.446. The number of nitrogens with zero attached hydrogens (tertiary/aromatic N) is 1. The average Bonchev–Trinajstić information content (AvgIpc) is 3.38. The lowest BCUT2D eigenvalue weighted by Crippen LogP contribution is -2.27. The van der Waals surface area contributed by atoms with Crippen LogP contribution in [0.15, 0.2) is 53.9 Å². The molecule has 1 aromatic heterocycles. The van der Waals surface area contributed by atoms with Crippen LogP contribution in [-0.4, -0.2) is 41.2 Å². The number of carbonyl (C=O) groups is 3. The van der Waals surface area contributed by atoms with Gasteiger partial charge in [-0.15, -0.1) is 11.3 Å². The van der Waals surface area contributed by atoms with E-state index in [1.807, 2.05) is 24.3 Å². The second kappa shape index (κ2) is 10.3. The molecule has 0 unspecified atom stereocenters. The summed E-state index contributed by atoms with van der Waals surface area (Å²) in [5, 5.41) is 16.2. The fraction of sp³-hybridized carbons (Fsp3) is 0.250. The Morgan fingerprint density at radius 1 is 1.00 bits per heavy atom. The number of ether oxygens (including phenoxy) is 1. The van der Waals surface area contributed by atoms with Gasteiger partial charge >= 0.3 is 12.1 Å². The average molecular weight is 466 g/mol. The Morgan fingerprint density at radius 3 is 2.33 bits per heavy atom. The van der Waals surface area contributed by atoms with Gasteiger partial charge in [-0.3, -0.25) is 9.59 Å². The van der Waals surface area contributed by atoms with Crippen molar-refractivity contribution in [2.45, 2.75) is 25.3 Å². The Morgan fingerprint density at radius 2 is 1.67 bits per heavy atom. The van der Waals surface area contributed by atoms with Gasteiger partial charge in [0.1, 0.15) is 11.6 Å². The molecule has 0 radical (unpaired) electrons. The number of carboxylic acid groups (broad SMARTS) is 1. The predicted molar refractivity (Wildman–Crippen MR) is 123 cm³/mol. The number of benzene rings is 2. The summed E-state index contributed by atoms with van der Waals surface area (Å²) in [5.41, 5.74) is 5.21. The molecule has 9 heteroatoms. The van der Waals surface area contributed by atoms with Crippen molar-refractivity contribution < 1.29 is 24.2 Å². The Bertz CT molecular complexity index is 1130. The fourth-order valence-corrected chi connectivity index (χ4v) is 4.58. The molecule has 33 heavy (non-hydrogen) atoms. The number of carboxylic acids is 1. The molecule has 1 aliphatic carbocycles. The largest absolute Gasteiger partial charge is 0.481 e. The molecule has 0 atom stereocenters. The molecular weight excluding hydrogens is 442 g/mol. The van der Waals surface area contributed by atoms with Gasteiger partial charge in [0.25, 0.3) is 0 Å². The van der Waals surface area contributed by atoms with Crippen molar-refractivity contribution in [1.29, 1.82) is 0 Å². The molecule has 0 saturated carbocycles. The first kappa shape index (κ1) is 22.5. The summed E-state index contributed by atoms with van der Waals surface area (Å²) in [4.78, 5) is 38.9. The lowest BCUT2D eigenvalue weighted by Gasteiger charge is -2.14. The maximum Gasteiger partial charge on any atom is 0.407 e. The zero-order valence-electron chi connectivity index (χ0n) is 17.7. The number of aliphatic carboxylic acids is 1. The van der Waals surface area contributed by atoms with Crippen molar-refractivity contribution in [3.8, 4) is 11.1 Å². The van der Waals surface area contributed by atoms with Crippen molar-refractivity contribution in [3.63, 3.8) is 0 Å². The topological polar surface area (TPSA) is 118 Å². The maximum absolute atomic E-state index is 12.3. The van der Waals surface area contributed by atoms with E-state index >= 15 is 0 Å². The van der Waals surface area contributed by atoms with E-state index < -0.39 is 12.1 Å². The minimum atomic E-state index is -0.967. The van der Waals surface area contributed by atoms with E-state index in [0.717, 1.165) is 11.1 Å². The van der Waals surface area contributed by atoms with Crippen LogP contribution in [0.2, 0.25) is 0 Å². The van der Waals surface area contributed by atoms with E-state index in [2.05, 4.69) is 39.9 Å². The number of hydrogen-bond donors (Lipinski definition) is 3. The van der Waals surface area contributed by atoms with Crippen molar-refractivity contribution in [3.05, 3.63) is 75.7 Å². The third-order valence-electron chi connectivity index (χ3n) is 5.33. The SMILES string of the molecule is O=C(O)CCNC(=O)Cc1csc(CNC(=O)OCC2c3ccccc3-c3ccccc32)n1. The van der Waals surface area contributed by atoms with E-state index in [1.54, 1.807) is 5.38 Å². The molecule has 2 aromatic carbocycles. The molecule has 0 spiro atoms. The Labute approximate surface area is 194 Å². The van der Waals surface area contributed by atoms with Crippen molar-refractivity contribution in [1.82, 2.24) is 15.6 Å². The summed E-state index contributed by atoms with van der Waals surface area (Å²) < 4.78 is 5.51. The van der Waals surface area contributed by atoms with E-state index in [9.17, 15) is 14.4 Å². The molecule has 8 nitrogen and oxygen atoms in total. The summed E-state index contributed by atoms with van der Waals surface area (Å²) >= 11 is 1.33. The molecule has 170 valence electrons. The van der Waals surface area contributed by atoms with E-state index in [4.69, 9.17) is 9.84 Å². The van der Waals surface area contributed by atoms with E-state index in [1.165, 1.54) is 22.5 Å². The Kier molecular flexibility index (Phi) is 6.99. The highest BCUT2D eigenvalue weighted by molar-refractivity contribution is 7.09. The Hall–Kier alpha value is -3.72. The third-order valence-corrected chi connectivity index (χ3v) is 6.23. The number of carbonyl (C=O) groups excluding carboxylic acids is 2. The molecule has 4 rings (SSSR count). The molecule has 0 saturated heterocycles. The summed E-state index contributed by atoms with van der Waals surface area (Å²) in [6.07, 6.45) is -0.598. The first-order chi connectivity index (χ1) is 16.0. The summed E-state index contributed by atoms with van der Waals surface area (Å²) in [5.74, 6) is -1.27. The first-order valence-corrected chi connectivity index (χ1v) is 11.4. The molecule has 2 amide bonds. The van der Waals surface area contributed by atoms with Crippen molar-refractivity contribution >= 4 is 29.3 Å². The number of fused-ring (bicyclic) bond motifs is 3. The minimum Gasteiger partial charge on any atom is -0.481 e. The van der Waals surface area contributed by atoms with Crippen LogP contribution in [0.1, 0.15) is 34.2 Å². The lowest BCUT2D eigenvalue weighted by atomic mass is 9.98. The number of amides is 2. The van der Waals surface area contributed by atoms with Gasteiger partial charge in [0.15, 0.2) is 0 Å². The van der Waals surface area contributed by atoms with Crippen LogP contribution in [-0.2, 0) is 27.3 Å². The van der Waals surface area contributed by atoms with Crippen molar-refractivity contribution in [2.24, 2.45) is 0 Å². The van der Waals surface area contributed by atoms with Gasteiger partial charge < -0.3 is 20.5 Å². The monoisotopic (exact) mass is 465 g/mol. The Balaban J connectivity index is 1.25. The van der Waals surface area contributed by atoms with Gasteiger partial charge in [0, 0.05) is 17.8 Å².